The predicted octanol–water partition coefficient (Wildman–Crippen LogP) is 6.25. The molecule has 2 aromatic carbocycles. The molecule has 0 saturated carbocycles. The lowest BCUT2D eigenvalue weighted by atomic mass is 10.2. The SMILES string of the molecule is CCCCC(=O)Oc1c(Cl)cccc1Oc1cccc(C(F)(F)F)c1. The molecule has 3 nitrogen and oxygen atoms in total. The van der Waals surface area contributed by atoms with E-state index in [1.165, 1.54) is 24.3 Å². The summed E-state index contributed by atoms with van der Waals surface area (Å²) in [5, 5.41) is 0.134. The van der Waals surface area contributed by atoms with Crippen LogP contribution in [0.1, 0.15) is 31.7 Å². The number of hydrogen-bond donors (Lipinski definition) is 0. The van der Waals surface area contributed by atoms with Crippen molar-refractivity contribution in [2.24, 2.45) is 0 Å². The van der Waals surface area contributed by atoms with Crippen LogP contribution in [0.5, 0.6) is 17.2 Å². The van der Waals surface area contributed by atoms with Gasteiger partial charge in [0.05, 0.1) is 10.6 Å². The zero-order chi connectivity index (χ0) is 18.4. The third-order valence-electron chi connectivity index (χ3n) is 3.27. The van der Waals surface area contributed by atoms with Crippen LogP contribution < -0.4 is 9.47 Å². The standard InChI is InChI=1S/C18H16ClF3O3/c1-2-3-10-16(23)25-17-14(19)8-5-9-15(17)24-13-7-4-6-12(11-13)18(20,21)22/h4-9,11H,2-3,10H2,1H3. The number of unbranched alkanes of at least 4 members (excludes halogenated alkanes) is 1. The minimum absolute atomic E-state index is 0.0114. The number of ether oxygens (including phenoxy) is 2. The average molecular weight is 373 g/mol. The van der Waals surface area contributed by atoms with Crippen LogP contribution in [0.3, 0.4) is 0 Å². The molecular weight excluding hydrogens is 357 g/mol. The largest absolute Gasteiger partial charge is 0.453 e. The number of para-hydroxylation sites is 1. The van der Waals surface area contributed by atoms with E-state index in [2.05, 4.69) is 0 Å². The molecule has 0 aliphatic rings. The van der Waals surface area contributed by atoms with Crippen LogP contribution in [0.25, 0.3) is 0 Å². The Morgan fingerprint density at radius 2 is 1.88 bits per heavy atom. The minimum Gasteiger partial charge on any atom is -0.453 e. The van der Waals surface area contributed by atoms with Crippen molar-refractivity contribution in [2.75, 3.05) is 0 Å². The molecule has 0 aromatic heterocycles. The Morgan fingerprint density at radius 1 is 1.16 bits per heavy atom. The van der Waals surface area contributed by atoms with E-state index in [1.807, 2.05) is 6.92 Å². The molecule has 0 aliphatic heterocycles. The van der Waals surface area contributed by atoms with Gasteiger partial charge in [-0.1, -0.05) is 37.1 Å². The first kappa shape index (κ1) is 19.1. The van der Waals surface area contributed by atoms with E-state index in [4.69, 9.17) is 21.1 Å². The van der Waals surface area contributed by atoms with Gasteiger partial charge in [-0.25, -0.2) is 0 Å². The highest BCUT2D eigenvalue weighted by Crippen LogP contribution is 2.39. The van der Waals surface area contributed by atoms with Gasteiger partial charge in [0.25, 0.3) is 0 Å². The van der Waals surface area contributed by atoms with Crippen LogP contribution in [-0.2, 0) is 11.0 Å². The lowest BCUT2D eigenvalue weighted by molar-refractivity contribution is -0.137. The minimum atomic E-state index is -4.48. The first-order valence-electron chi connectivity index (χ1n) is 7.65. The lowest BCUT2D eigenvalue weighted by Crippen LogP contribution is -2.08. The van der Waals surface area contributed by atoms with Crippen molar-refractivity contribution in [3.8, 4) is 17.2 Å². The quantitative estimate of drug-likeness (QED) is 0.444. The Bertz CT molecular complexity index is 745. The molecule has 0 amide bonds. The van der Waals surface area contributed by atoms with Gasteiger partial charge < -0.3 is 9.47 Å². The van der Waals surface area contributed by atoms with Crippen LogP contribution in [0.2, 0.25) is 5.02 Å². The molecule has 2 rings (SSSR count). The fourth-order valence-electron chi connectivity index (χ4n) is 2.02. The molecule has 2 aromatic rings. The summed E-state index contributed by atoms with van der Waals surface area (Å²) in [6.45, 7) is 1.94. The predicted molar refractivity (Wildman–Crippen MR) is 88.1 cm³/mol. The van der Waals surface area contributed by atoms with E-state index in [1.54, 1.807) is 6.07 Å². The van der Waals surface area contributed by atoms with Gasteiger partial charge in [-0.15, -0.1) is 0 Å². The highest BCUT2D eigenvalue weighted by atomic mass is 35.5. The molecule has 0 radical (unpaired) electrons. The Balaban J connectivity index is 2.25. The number of rotatable bonds is 6. The third-order valence-corrected chi connectivity index (χ3v) is 3.57. The molecule has 0 spiro atoms. The third kappa shape index (κ3) is 5.39. The maximum atomic E-state index is 12.8. The van der Waals surface area contributed by atoms with Crippen molar-refractivity contribution in [1.82, 2.24) is 0 Å². The summed E-state index contributed by atoms with van der Waals surface area (Å²) in [4.78, 5) is 11.8. The number of alkyl halides is 3. The maximum absolute atomic E-state index is 12.8. The first-order chi connectivity index (χ1) is 11.8. The highest BCUT2D eigenvalue weighted by molar-refractivity contribution is 6.32. The number of carbonyl (C=O) groups is 1. The Morgan fingerprint density at radius 3 is 2.56 bits per heavy atom. The summed E-state index contributed by atoms with van der Waals surface area (Å²) in [5.74, 6) is -0.467. The summed E-state index contributed by atoms with van der Waals surface area (Å²) in [5.41, 5.74) is -0.839. The van der Waals surface area contributed by atoms with Gasteiger partial charge in [0, 0.05) is 6.42 Å². The first-order valence-corrected chi connectivity index (χ1v) is 8.03. The molecule has 25 heavy (non-hydrogen) atoms. The second kappa shape index (κ2) is 8.25. The Kier molecular flexibility index (Phi) is 6.31. The van der Waals surface area contributed by atoms with Crippen LogP contribution in [-0.4, -0.2) is 5.97 Å². The van der Waals surface area contributed by atoms with Gasteiger partial charge in [0.2, 0.25) is 0 Å². The summed E-state index contributed by atoms with van der Waals surface area (Å²) >= 11 is 6.04. The molecule has 0 N–H and O–H groups in total. The summed E-state index contributed by atoms with van der Waals surface area (Å²) < 4.78 is 49.1. The Labute approximate surface area is 148 Å². The maximum Gasteiger partial charge on any atom is 0.416 e. The molecule has 134 valence electrons. The van der Waals surface area contributed by atoms with Crippen LogP contribution in [0.4, 0.5) is 13.2 Å². The summed E-state index contributed by atoms with van der Waals surface area (Å²) in [6, 6.07) is 8.93. The molecule has 0 fully saturated rings. The molecule has 0 aliphatic carbocycles. The van der Waals surface area contributed by atoms with Crippen molar-refractivity contribution in [3.05, 3.63) is 53.1 Å². The molecule has 0 saturated heterocycles. The number of hydrogen-bond acceptors (Lipinski definition) is 3. The zero-order valence-corrected chi connectivity index (χ0v) is 14.2. The van der Waals surface area contributed by atoms with Gasteiger partial charge in [-0.2, -0.15) is 13.2 Å². The topological polar surface area (TPSA) is 35.5 Å². The van der Waals surface area contributed by atoms with Crippen molar-refractivity contribution < 1.29 is 27.4 Å². The fourth-order valence-corrected chi connectivity index (χ4v) is 2.22. The second-order valence-electron chi connectivity index (χ2n) is 5.27. The second-order valence-corrected chi connectivity index (χ2v) is 5.68. The van der Waals surface area contributed by atoms with E-state index in [0.717, 1.165) is 18.6 Å². The van der Waals surface area contributed by atoms with Crippen molar-refractivity contribution in [1.29, 1.82) is 0 Å². The van der Waals surface area contributed by atoms with Crippen molar-refractivity contribution in [2.45, 2.75) is 32.4 Å². The van der Waals surface area contributed by atoms with Gasteiger partial charge in [0.1, 0.15) is 5.75 Å². The van der Waals surface area contributed by atoms with E-state index in [-0.39, 0.29) is 28.7 Å². The number of carbonyl (C=O) groups excluding carboxylic acids is 1. The smallest absolute Gasteiger partial charge is 0.416 e. The molecular formula is C18H16ClF3O3. The van der Waals surface area contributed by atoms with Gasteiger partial charge in [-0.3, -0.25) is 4.79 Å². The van der Waals surface area contributed by atoms with E-state index in [9.17, 15) is 18.0 Å². The van der Waals surface area contributed by atoms with Crippen LogP contribution in [0, 0.1) is 0 Å². The molecule has 0 bridgehead atoms. The average Bonchev–Trinajstić information content (AvgIpc) is 2.55. The van der Waals surface area contributed by atoms with Gasteiger partial charge in [-0.05, 0) is 36.8 Å². The highest BCUT2D eigenvalue weighted by Gasteiger charge is 2.30. The van der Waals surface area contributed by atoms with E-state index in [0.29, 0.717) is 6.42 Å². The summed E-state index contributed by atoms with van der Waals surface area (Å²) in [7, 11) is 0. The van der Waals surface area contributed by atoms with E-state index < -0.39 is 17.7 Å². The molecule has 0 heterocycles. The van der Waals surface area contributed by atoms with Gasteiger partial charge >= 0.3 is 12.1 Å². The number of halogens is 4. The monoisotopic (exact) mass is 372 g/mol. The number of benzene rings is 2. The Hall–Kier alpha value is -2.21. The molecule has 0 atom stereocenters. The van der Waals surface area contributed by atoms with E-state index >= 15 is 0 Å². The number of esters is 1. The normalized spacial score (nSPS) is 11.2. The molecule has 7 heteroatoms. The lowest BCUT2D eigenvalue weighted by Gasteiger charge is -2.14. The fraction of sp³-hybridized carbons (Fsp3) is 0.278. The van der Waals surface area contributed by atoms with Crippen molar-refractivity contribution in [3.63, 3.8) is 0 Å². The van der Waals surface area contributed by atoms with Crippen LogP contribution in [0.15, 0.2) is 42.5 Å². The van der Waals surface area contributed by atoms with Crippen molar-refractivity contribution >= 4 is 17.6 Å². The zero-order valence-electron chi connectivity index (χ0n) is 13.4. The van der Waals surface area contributed by atoms with Gasteiger partial charge in [0.15, 0.2) is 11.5 Å². The van der Waals surface area contributed by atoms with Crippen LogP contribution >= 0.6 is 11.6 Å². The molecule has 0 unspecified atom stereocenters. The summed E-state index contributed by atoms with van der Waals surface area (Å²) in [6.07, 6.45) is -2.79.